The zero-order valence-electron chi connectivity index (χ0n) is 13.8. The molecule has 1 amide bonds. The predicted molar refractivity (Wildman–Crippen MR) is 89.3 cm³/mol. The molecule has 1 aromatic rings. The molecule has 0 saturated heterocycles. The monoisotopic (exact) mass is 323 g/mol. The van der Waals surface area contributed by atoms with Gasteiger partial charge in [-0.25, -0.2) is 0 Å². The van der Waals surface area contributed by atoms with E-state index < -0.39 is 4.92 Å². The average molecular weight is 323 g/mol. The number of aliphatic hydroxyl groups is 1. The van der Waals surface area contributed by atoms with Crippen LogP contribution in [-0.4, -0.2) is 34.6 Å². The first-order chi connectivity index (χ1) is 10.8. The van der Waals surface area contributed by atoms with Crippen molar-refractivity contribution in [2.24, 2.45) is 5.92 Å². The zero-order valence-corrected chi connectivity index (χ0v) is 13.8. The molecule has 1 aromatic carbocycles. The Hall–Kier alpha value is -1.99. The van der Waals surface area contributed by atoms with Crippen molar-refractivity contribution in [3.63, 3.8) is 0 Å². The molecule has 0 bridgehead atoms. The van der Waals surface area contributed by atoms with Crippen LogP contribution in [0.3, 0.4) is 0 Å². The van der Waals surface area contributed by atoms with Gasteiger partial charge in [-0.05, 0) is 25.3 Å². The van der Waals surface area contributed by atoms with Crippen molar-refractivity contribution in [3.05, 3.63) is 34.4 Å². The second-order valence-corrected chi connectivity index (χ2v) is 6.14. The van der Waals surface area contributed by atoms with Crippen LogP contribution in [0.1, 0.15) is 33.6 Å². The molecule has 0 aliphatic rings. The number of nitro groups is 1. The van der Waals surface area contributed by atoms with Crippen molar-refractivity contribution < 1.29 is 14.8 Å². The van der Waals surface area contributed by atoms with Gasteiger partial charge in [-0.15, -0.1) is 0 Å². The minimum absolute atomic E-state index is 0.0228. The maximum Gasteiger partial charge on any atom is 0.271 e. The third-order valence-corrected chi connectivity index (χ3v) is 3.33. The van der Waals surface area contributed by atoms with E-state index in [2.05, 4.69) is 24.5 Å². The number of hydrogen-bond donors (Lipinski definition) is 3. The largest absolute Gasteiger partial charge is 0.395 e. The molecule has 7 heteroatoms. The number of rotatable bonds is 9. The smallest absolute Gasteiger partial charge is 0.271 e. The number of hydrogen-bond acceptors (Lipinski definition) is 5. The van der Waals surface area contributed by atoms with Crippen LogP contribution in [0.15, 0.2) is 24.3 Å². The fourth-order valence-electron chi connectivity index (χ4n) is 2.41. The molecule has 1 rings (SSSR count). The fourth-order valence-corrected chi connectivity index (χ4v) is 2.41. The number of carbonyl (C=O) groups excluding carboxylic acids is 1. The Kier molecular flexibility index (Phi) is 7.64. The number of benzene rings is 1. The van der Waals surface area contributed by atoms with E-state index in [1.165, 1.54) is 18.2 Å². The van der Waals surface area contributed by atoms with E-state index in [0.717, 1.165) is 6.42 Å². The van der Waals surface area contributed by atoms with Gasteiger partial charge >= 0.3 is 0 Å². The Morgan fingerprint density at radius 2 is 2.04 bits per heavy atom. The number of carbonyl (C=O) groups is 1. The lowest BCUT2D eigenvalue weighted by molar-refractivity contribution is -0.384. The second-order valence-electron chi connectivity index (χ2n) is 6.14. The van der Waals surface area contributed by atoms with E-state index in [9.17, 15) is 20.0 Å². The molecule has 0 aliphatic heterocycles. The quantitative estimate of drug-likeness (QED) is 0.478. The summed E-state index contributed by atoms with van der Waals surface area (Å²) < 4.78 is 0. The van der Waals surface area contributed by atoms with Crippen LogP contribution in [0.5, 0.6) is 0 Å². The van der Waals surface area contributed by atoms with Crippen molar-refractivity contribution in [1.82, 2.24) is 5.32 Å². The molecule has 3 N–H and O–H groups in total. The Morgan fingerprint density at radius 3 is 2.61 bits per heavy atom. The number of aliphatic hydroxyl groups excluding tert-OH is 1. The van der Waals surface area contributed by atoms with Gasteiger partial charge in [-0.2, -0.15) is 0 Å². The summed E-state index contributed by atoms with van der Waals surface area (Å²) in [6, 6.07) is 5.68. The maximum atomic E-state index is 12.0. The first kappa shape index (κ1) is 19.1. The summed E-state index contributed by atoms with van der Waals surface area (Å²) in [4.78, 5) is 22.2. The second kappa shape index (κ2) is 9.22. The van der Waals surface area contributed by atoms with Crippen LogP contribution in [0.2, 0.25) is 0 Å². The molecule has 7 nitrogen and oxygen atoms in total. The molecular formula is C16H25N3O4. The summed E-state index contributed by atoms with van der Waals surface area (Å²) in [5.74, 6) is 0.220. The van der Waals surface area contributed by atoms with E-state index in [1.54, 1.807) is 6.07 Å². The van der Waals surface area contributed by atoms with Crippen molar-refractivity contribution in [2.75, 3.05) is 11.9 Å². The van der Waals surface area contributed by atoms with Crippen LogP contribution in [0, 0.1) is 16.0 Å². The molecule has 0 spiro atoms. The summed E-state index contributed by atoms with van der Waals surface area (Å²) in [7, 11) is 0. The van der Waals surface area contributed by atoms with E-state index >= 15 is 0 Å². The summed E-state index contributed by atoms with van der Waals surface area (Å²) in [5, 5.41) is 25.9. The molecule has 2 unspecified atom stereocenters. The van der Waals surface area contributed by atoms with Crippen LogP contribution in [-0.2, 0) is 4.79 Å². The number of nitrogens with zero attached hydrogens (tertiary/aromatic N) is 1. The van der Waals surface area contributed by atoms with Crippen LogP contribution in [0.4, 0.5) is 11.4 Å². The van der Waals surface area contributed by atoms with Crippen molar-refractivity contribution in [3.8, 4) is 0 Å². The lowest BCUT2D eigenvalue weighted by Gasteiger charge is -2.22. The minimum Gasteiger partial charge on any atom is -0.395 e. The topological polar surface area (TPSA) is 104 Å². The van der Waals surface area contributed by atoms with Gasteiger partial charge < -0.3 is 15.7 Å². The summed E-state index contributed by atoms with van der Waals surface area (Å²) >= 11 is 0. The maximum absolute atomic E-state index is 12.0. The number of anilines is 1. The molecule has 23 heavy (non-hydrogen) atoms. The van der Waals surface area contributed by atoms with Crippen LogP contribution in [0.25, 0.3) is 0 Å². The predicted octanol–water partition coefficient (Wildman–Crippen LogP) is 2.31. The Morgan fingerprint density at radius 1 is 1.35 bits per heavy atom. The molecule has 0 aromatic heterocycles. The van der Waals surface area contributed by atoms with E-state index in [4.69, 9.17) is 0 Å². The number of amides is 1. The molecule has 0 fully saturated rings. The molecule has 128 valence electrons. The van der Waals surface area contributed by atoms with Gasteiger partial charge in [-0.1, -0.05) is 19.9 Å². The number of nitro benzene ring substituents is 1. The third kappa shape index (κ3) is 7.21. The molecule has 0 radical (unpaired) electrons. The lowest BCUT2D eigenvalue weighted by atomic mass is 10.0. The first-order valence-corrected chi connectivity index (χ1v) is 7.73. The highest BCUT2D eigenvalue weighted by Crippen LogP contribution is 2.17. The highest BCUT2D eigenvalue weighted by atomic mass is 16.6. The SMILES string of the molecule is CC(C)CC(CO)NC(C)CC(=O)Nc1cccc([N+](=O)[O-])c1. The first-order valence-electron chi connectivity index (χ1n) is 7.73. The van der Waals surface area contributed by atoms with Gasteiger partial charge in [0.2, 0.25) is 5.91 Å². The average Bonchev–Trinajstić information content (AvgIpc) is 2.45. The zero-order chi connectivity index (χ0) is 17.4. The Bertz CT molecular complexity index is 534. The van der Waals surface area contributed by atoms with Gasteiger partial charge in [-0.3, -0.25) is 14.9 Å². The standard InChI is InChI=1S/C16H25N3O4/c1-11(2)7-14(10-20)17-12(3)8-16(21)18-13-5-4-6-15(9-13)19(22)23/h4-6,9,11-12,14,17,20H,7-8,10H2,1-3H3,(H,18,21). The summed E-state index contributed by atoms with van der Waals surface area (Å²) in [6.07, 6.45) is 1.05. The van der Waals surface area contributed by atoms with E-state index in [-0.39, 0.29) is 36.7 Å². The van der Waals surface area contributed by atoms with E-state index in [1.807, 2.05) is 6.92 Å². The highest BCUT2D eigenvalue weighted by molar-refractivity contribution is 5.91. The normalized spacial score (nSPS) is 13.6. The Labute approximate surface area is 136 Å². The van der Waals surface area contributed by atoms with Gasteiger partial charge in [0.1, 0.15) is 0 Å². The highest BCUT2D eigenvalue weighted by Gasteiger charge is 2.16. The van der Waals surface area contributed by atoms with Crippen molar-refractivity contribution in [2.45, 2.75) is 45.7 Å². The molecule has 2 atom stereocenters. The number of nitrogens with one attached hydrogen (secondary N) is 2. The van der Waals surface area contributed by atoms with Gasteiger partial charge in [0.15, 0.2) is 0 Å². The molecule has 0 heterocycles. The molecule has 0 aliphatic carbocycles. The van der Waals surface area contributed by atoms with Gasteiger partial charge in [0.25, 0.3) is 5.69 Å². The lowest BCUT2D eigenvalue weighted by Crippen LogP contribution is -2.41. The molecule has 0 saturated carbocycles. The van der Waals surface area contributed by atoms with E-state index in [0.29, 0.717) is 11.6 Å². The fraction of sp³-hybridized carbons (Fsp3) is 0.562. The minimum atomic E-state index is -0.502. The van der Waals surface area contributed by atoms with Gasteiger partial charge in [0.05, 0.1) is 11.5 Å². The van der Waals surface area contributed by atoms with Crippen LogP contribution < -0.4 is 10.6 Å². The number of non-ortho nitro benzene ring substituents is 1. The summed E-state index contributed by atoms with van der Waals surface area (Å²) in [5.41, 5.74) is 0.337. The third-order valence-electron chi connectivity index (χ3n) is 3.33. The molecular weight excluding hydrogens is 298 g/mol. The van der Waals surface area contributed by atoms with Crippen molar-refractivity contribution in [1.29, 1.82) is 0 Å². The van der Waals surface area contributed by atoms with Gasteiger partial charge in [0, 0.05) is 36.3 Å². The van der Waals surface area contributed by atoms with Crippen molar-refractivity contribution >= 4 is 17.3 Å². The van der Waals surface area contributed by atoms with Crippen LogP contribution >= 0.6 is 0 Å². The summed E-state index contributed by atoms with van der Waals surface area (Å²) in [6.45, 7) is 6.04. The Balaban J connectivity index is 2.52.